The molecule has 1 heterocycles. The molecule has 1 aromatic heterocycles. The van der Waals surface area contributed by atoms with Crippen LogP contribution in [0.5, 0.6) is 0 Å². The lowest BCUT2D eigenvalue weighted by Gasteiger charge is -2.18. The molecule has 0 saturated heterocycles. The summed E-state index contributed by atoms with van der Waals surface area (Å²) in [5.74, 6) is 0. The molecule has 3 N–H and O–H groups in total. The van der Waals surface area contributed by atoms with Gasteiger partial charge in [0.05, 0.1) is 11.9 Å². The van der Waals surface area contributed by atoms with E-state index < -0.39 is 0 Å². The maximum Gasteiger partial charge on any atom is 0.0682 e. The molecule has 0 spiro atoms. The molecule has 0 fully saturated rings. The summed E-state index contributed by atoms with van der Waals surface area (Å²) in [4.78, 5) is 0. The molecule has 0 unspecified atom stereocenters. The van der Waals surface area contributed by atoms with Crippen LogP contribution in [0.15, 0.2) is 36.5 Å². The van der Waals surface area contributed by atoms with Gasteiger partial charge in [-0.25, -0.2) is 0 Å². The van der Waals surface area contributed by atoms with Crippen LogP contribution in [0.25, 0.3) is 11.3 Å². The molecule has 16 heavy (non-hydrogen) atoms. The minimum atomic E-state index is -0.215. The zero-order valence-corrected chi connectivity index (χ0v) is 9.70. The van der Waals surface area contributed by atoms with E-state index in [1.54, 1.807) is 0 Å². The molecular weight excluding hydrogens is 198 g/mol. The SMILES string of the molecule is CC(C)(N)Cc1cn[nH]c1-c1ccccc1. The lowest BCUT2D eigenvalue weighted by Crippen LogP contribution is -2.34. The molecule has 2 aromatic rings. The third-order valence-corrected chi connectivity index (χ3v) is 2.43. The van der Waals surface area contributed by atoms with E-state index in [0.29, 0.717) is 0 Å². The Hall–Kier alpha value is -1.61. The summed E-state index contributed by atoms with van der Waals surface area (Å²) in [7, 11) is 0. The summed E-state index contributed by atoms with van der Waals surface area (Å²) in [6, 6.07) is 10.2. The highest BCUT2D eigenvalue weighted by atomic mass is 15.1. The molecule has 0 aliphatic carbocycles. The molecule has 3 heteroatoms. The molecule has 2 rings (SSSR count). The first-order valence-corrected chi connectivity index (χ1v) is 5.43. The van der Waals surface area contributed by atoms with Crippen LogP contribution in [0.4, 0.5) is 0 Å². The van der Waals surface area contributed by atoms with E-state index in [-0.39, 0.29) is 5.54 Å². The number of hydrogen-bond acceptors (Lipinski definition) is 2. The number of nitrogens with zero attached hydrogens (tertiary/aromatic N) is 1. The number of aromatic nitrogens is 2. The Balaban J connectivity index is 2.33. The molecule has 0 radical (unpaired) electrons. The van der Waals surface area contributed by atoms with Crippen molar-refractivity contribution in [3.05, 3.63) is 42.1 Å². The second kappa shape index (κ2) is 4.10. The van der Waals surface area contributed by atoms with Crippen molar-refractivity contribution in [3.8, 4) is 11.3 Å². The average Bonchev–Trinajstić information content (AvgIpc) is 2.64. The Morgan fingerprint density at radius 1 is 1.25 bits per heavy atom. The van der Waals surface area contributed by atoms with Gasteiger partial charge in [-0.1, -0.05) is 30.3 Å². The Bertz CT molecular complexity index is 452. The lowest BCUT2D eigenvalue weighted by atomic mass is 9.95. The van der Waals surface area contributed by atoms with Crippen LogP contribution in [0, 0.1) is 0 Å². The van der Waals surface area contributed by atoms with Gasteiger partial charge in [-0.05, 0) is 31.4 Å². The number of H-pyrrole nitrogens is 1. The van der Waals surface area contributed by atoms with Gasteiger partial charge in [0, 0.05) is 5.54 Å². The highest BCUT2D eigenvalue weighted by Crippen LogP contribution is 2.23. The quantitative estimate of drug-likeness (QED) is 0.825. The van der Waals surface area contributed by atoms with Crippen molar-refractivity contribution in [2.45, 2.75) is 25.8 Å². The van der Waals surface area contributed by atoms with Gasteiger partial charge in [0.1, 0.15) is 0 Å². The van der Waals surface area contributed by atoms with E-state index >= 15 is 0 Å². The Morgan fingerprint density at radius 2 is 1.94 bits per heavy atom. The molecule has 0 saturated carbocycles. The summed E-state index contributed by atoms with van der Waals surface area (Å²) < 4.78 is 0. The van der Waals surface area contributed by atoms with Gasteiger partial charge in [0.15, 0.2) is 0 Å². The molecular formula is C13H17N3. The number of hydrogen-bond donors (Lipinski definition) is 2. The van der Waals surface area contributed by atoms with Crippen molar-refractivity contribution >= 4 is 0 Å². The zero-order chi connectivity index (χ0) is 11.6. The predicted octanol–water partition coefficient (Wildman–Crippen LogP) is 2.36. The number of nitrogens with two attached hydrogens (primary N) is 1. The standard InChI is InChI=1S/C13H17N3/c1-13(2,14)8-11-9-15-16-12(11)10-6-4-3-5-7-10/h3-7,9H,8,14H2,1-2H3,(H,15,16). The van der Waals surface area contributed by atoms with Crippen LogP contribution in [0.3, 0.4) is 0 Å². The van der Waals surface area contributed by atoms with Gasteiger partial charge in [-0.15, -0.1) is 0 Å². The summed E-state index contributed by atoms with van der Waals surface area (Å²) in [5.41, 5.74) is 9.20. The van der Waals surface area contributed by atoms with Crippen LogP contribution < -0.4 is 5.73 Å². The zero-order valence-electron chi connectivity index (χ0n) is 9.70. The third-order valence-electron chi connectivity index (χ3n) is 2.43. The Morgan fingerprint density at radius 3 is 2.56 bits per heavy atom. The fraction of sp³-hybridized carbons (Fsp3) is 0.308. The van der Waals surface area contributed by atoms with E-state index in [1.165, 1.54) is 5.56 Å². The van der Waals surface area contributed by atoms with Crippen LogP contribution >= 0.6 is 0 Å². The van der Waals surface area contributed by atoms with Crippen molar-refractivity contribution in [3.63, 3.8) is 0 Å². The minimum Gasteiger partial charge on any atom is -0.325 e. The van der Waals surface area contributed by atoms with Crippen molar-refractivity contribution in [1.82, 2.24) is 10.2 Å². The summed E-state index contributed by atoms with van der Waals surface area (Å²) in [6.07, 6.45) is 2.67. The van der Waals surface area contributed by atoms with Gasteiger partial charge in [-0.2, -0.15) is 5.10 Å². The number of nitrogens with one attached hydrogen (secondary N) is 1. The first-order valence-electron chi connectivity index (χ1n) is 5.43. The van der Waals surface area contributed by atoms with Gasteiger partial charge in [0.25, 0.3) is 0 Å². The average molecular weight is 215 g/mol. The smallest absolute Gasteiger partial charge is 0.0682 e. The lowest BCUT2D eigenvalue weighted by molar-refractivity contribution is 0.517. The van der Waals surface area contributed by atoms with Crippen LogP contribution in [0.2, 0.25) is 0 Å². The fourth-order valence-electron chi connectivity index (χ4n) is 1.79. The Labute approximate surface area is 95.7 Å². The molecule has 0 aliphatic rings. The Kier molecular flexibility index (Phi) is 2.79. The van der Waals surface area contributed by atoms with E-state index in [4.69, 9.17) is 5.73 Å². The highest BCUT2D eigenvalue weighted by Gasteiger charge is 2.16. The number of aromatic amines is 1. The van der Waals surface area contributed by atoms with Crippen LogP contribution in [-0.4, -0.2) is 15.7 Å². The van der Waals surface area contributed by atoms with E-state index in [0.717, 1.165) is 17.7 Å². The molecule has 0 bridgehead atoms. The number of rotatable bonds is 3. The van der Waals surface area contributed by atoms with Crippen molar-refractivity contribution in [1.29, 1.82) is 0 Å². The molecule has 3 nitrogen and oxygen atoms in total. The van der Waals surface area contributed by atoms with E-state index in [9.17, 15) is 0 Å². The molecule has 0 amide bonds. The highest BCUT2D eigenvalue weighted by molar-refractivity contribution is 5.62. The molecule has 84 valence electrons. The van der Waals surface area contributed by atoms with Gasteiger partial charge in [0.2, 0.25) is 0 Å². The maximum absolute atomic E-state index is 6.03. The van der Waals surface area contributed by atoms with Gasteiger partial charge >= 0.3 is 0 Å². The van der Waals surface area contributed by atoms with E-state index in [2.05, 4.69) is 22.3 Å². The topological polar surface area (TPSA) is 54.7 Å². The third kappa shape index (κ3) is 2.49. The maximum atomic E-state index is 6.03. The van der Waals surface area contributed by atoms with Crippen molar-refractivity contribution in [2.24, 2.45) is 5.73 Å². The van der Waals surface area contributed by atoms with Gasteiger partial charge < -0.3 is 5.73 Å². The van der Waals surface area contributed by atoms with Crippen LogP contribution in [-0.2, 0) is 6.42 Å². The molecule has 0 aliphatic heterocycles. The second-order valence-electron chi connectivity index (χ2n) is 4.80. The number of benzene rings is 1. The summed E-state index contributed by atoms with van der Waals surface area (Å²) in [5, 5.41) is 7.14. The summed E-state index contributed by atoms with van der Waals surface area (Å²) in [6.45, 7) is 4.05. The minimum absolute atomic E-state index is 0.215. The van der Waals surface area contributed by atoms with Crippen LogP contribution in [0.1, 0.15) is 19.4 Å². The van der Waals surface area contributed by atoms with Crippen molar-refractivity contribution < 1.29 is 0 Å². The normalized spacial score (nSPS) is 11.7. The first kappa shape index (κ1) is 10.9. The molecule has 0 atom stereocenters. The predicted molar refractivity (Wildman–Crippen MR) is 66.0 cm³/mol. The summed E-state index contributed by atoms with van der Waals surface area (Å²) >= 11 is 0. The largest absolute Gasteiger partial charge is 0.325 e. The van der Waals surface area contributed by atoms with E-state index in [1.807, 2.05) is 38.2 Å². The second-order valence-corrected chi connectivity index (χ2v) is 4.80. The van der Waals surface area contributed by atoms with Crippen molar-refractivity contribution in [2.75, 3.05) is 0 Å². The molecule has 1 aromatic carbocycles. The van der Waals surface area contributed by atoms with Gasteiger partial charge in [-0.3, -0.25) is 5.10 Å². The monoisotopic (exact) mass is 215 g/mol. The first-order chi connectivity index (χ1) is 7.56. The fourth-order valence-corrected chi connectivity index (χ4v) is 1.79.